The van der Waals surface area contributed by atoms with Gasteiger partial charge in [0.1, 0.15) is 0 Å². The van der Waals surface area contributed by atoms with E-state index in [0.717, 1.165) is 58.6 Å². The van der Waals surface area contributed by atoms with Crippen LogP contribution in [0.5, 0.6) is 0 Å². The maximum atomic E-state index is 12.8. The maximum absolute atomic E-state index is 12.8. The van der Waals surface area contributed by atoms with Crippen molar-refractivity contribution in [2.75, 3.05) is 32.8 Å². The first-order chi connectivity index (χ1) is 11.1. The van der Waals surface area contributed by atoms with Gasteiger partial charge in [0.25, 0.3) is 0 Å². The number of aryl methyl sites for hydroxylation is 1. The first kappa shape index (κ1) is 16.5. The Hall–Kier alpha value is -1.40. The predicted molar refractivity (Wildman–Crippen MR) is 87.8 cm³/mol. The van der Waals surface area contributed by atoms with E-state index in [1.165, 1.54) is 5.56 Å². The molecule has 6 nitrogen and oxygen atoms in total. The van der Waals surface area contributed by atoms with Crippen LogP contribution in [0.25, 0.3) is 0 Å². The van der Waals surface area contributed by atoms with Crippen LogP contribution < -0.4 is 0 Å². The number of aromatic nitrogens is 2. The molecule has 3 heterocycles. The van der Waals surface area contributed by atoms with Gasteiger partial charge in [0, 0.05) is 58.1 Å². The monoisotopic (exact) mass is 320 g/mol. The predicted octanol–water partition coefficient (Wildman–Crippen LogP) is 1.27. The van der Waals surface area contributed by atoms with Crippen molar-refractivity contribution in [3.05, 3.63) is 18.0 Å². The minimum absolute atomic E-state index is 0.0497. The molecule has 2 aliphatic heterocycles. The van der Waals surface area contributed by atoms with E-state index in [1.54, 1.807) is 0 Å². The van der Waals surface area contributed by atoms with E-state index >= 15 is 0 Å². The van der Waals surface area contributed by atoms with Crippen LogP contribution >= 0.6 is 0 Å². The Labute approximate surface area is 138 Å². The Morgan fingerprint density at radius 3 is 2.91 bits per heavy atom. The highest BCUT2D eigenvalue weighted by Crippen LogP contribution is 2.23. The average molecular weight is 320 g/mol. The van der Waals surface area contributed by atoms with Crippen LogP contribution in [0, 0.1) is 5.92 Å². The zero-order chi connectivity index (χ0) is 16.2. The zero-order valence-electron chi connectivity index (χ0n) is 14.3. The Morgan fingerprint density at radius 1 is 1.30 bits per heavy atom. The third-order valence-electron chi connectivity index (χ3n) is 4.99. The van der Waals surface area contributed by atoms with E-state index in [-0.39, 0.29) is 12.0 Å². The third kappa shape index (κ3) is 4.12. The summed E-state index contributed by atoms with van der Waals surface area (Å²) in [7, 11) is 1.94. The number of carbonyl (C=O) groups excluding carboxylic acids is 1. The third-order valence-corrected chi connectivity index (χ3v) is 4.99. The Kier molecular flexibility index (Phi) is 5.33. The average Bonchev–Trinajstić information content (AvgIpc) is 2.81. The summed E-state index contributed by atoms with van der Waals surface area (Å²) in [5, 5.41) is 4.23. The van der Waals surface area contributed by atoms with Gasteiger partial charge in [-0.3, -0.25) is 14.4 Å². The summed E-state index contributed by atoms with van der Waals surface area (Å²) in [6.45, 7) is 7.41. The smallest absolute Gasteiger partial charge is 0.228 e. The molecule has 3 rings (SSSR count). The second-order valence-corrected chi connectivity index (χ2v) is 6.80. The number of carbonyl (C=O) groups is 1. The minimum Gasteiger partial charge on any atom is -0.378 e. The van der Waals surface area contributed by atoms with Crippen molar-refractivity contribution < 1.29 is 9.53 Å². The molecule has 2 atom stereocenters. The molecule has 0 spiro atoms. The standard InChI is InChI=1S/C17H28N4O2/c1-14-16(5-3-10-23-14)17(22)21-7-4-6-20(8-9-21)13-15-11-18-19(2)12-15/h11-12,14,16H,3-10,13H2,1-2H3/t14-,16-/m0/s1. The number of hydrogen-bond acceptors (Lipinski definition) is 4. The molecule has 2 aliphatic rings. The highest BCUT2D eigenvalue weighted by Gasteiger charge is 2.32. The first-order valence-electron chi connectivity index (χ1n) is 8.74. The second-order valence-electron chi connectivity index (χ2n) is 6.80. The van der Waals surface area contributed by atoms with E-state index in [0.29, 0.717) is 5.91 Å². The SMILES string of the molecule is C[C@@H]1OCCC[C@@H]1C(=O)N1CCCN(Cc2cnn(C)c2)CC1. The summed E-state index contributed by atoms with van der Waals surface area (Å²) >= 11 is 0. The highest BCUT2D eigenvalue weighted by atomic mass is 16.5. The van der Waals surface area contributed by atoms with Gasteiger partial charge in [0.15, 0.2) is 0 Å². The number of hydrogen-bond donors (Lipinski definition) is 0. The summed E-state index contributed by atoms with van der Waals surface area (Å²) in [4.78, 5) is 17.3. The fourth-order valence-electron chi connectivity index (χ4n) is 3.64. The second kappa shape index (κ2) is 7.45. The Morgan fingerprint density at radius 2 is 2.17 bits per heavy atom. The van der Waals surface area contributed by atoms with Crippen molar-refractivity contribution in [3.8, 4) is 0 Å². The molecule has 0 bridgehead atoms. The van der Waals surface area contributed by atoms with E-state index < -0.39 is 0 Å². The summed E-state index contributed by atoms with van der Waals surface area (Å²) in [6.07, 6.45) is 7.06. The Bertz CT molecular complexity index is 530. The van der Waals surface area contributed by atoms with Crippen LogP contribution in [0.2, 0.25) is 0 Å². The van der Waals surface area contributed by atoms with Crippen LogP contribution in [-0.4, -0.2) is 64.4 Å². The van der Waals surface area contributed by atoms with Gasteiger partial charge in [-0.1, -0.05) is 0 Å². The quantitative estimate of drug-likeness (QED) is 0.841. The van der Waals surface area contributed by atoms with Crippen LogP contribution in [-0.2, 0) is 23.1 Å². The molecule has 0 aliphatic carbocycles. The normalized spacial score (nSPS) is 27.0. The van der Waals surface area contributed by atoms with Gasteiger partial charge in [-0.05, 0) is 26.2 Å². The van der Waals surface area contributed by atoms with Crippen molar-refractivity contribution in [2.45, 2.75) is 38.8 Å². The molecule has 6 heteroatoms. The lowest BCUT2D eigenvalue weighted by molar-refractivity contribution is -0.143. The topological polar surface area (TPSA) is 50.6 Å². The molecule has 2 fully saturated rings. The molecule has 1 aromatic heterocycles. The van der Waals surface area contributed by atoms with Gasteiger partial charge in [-0.15, -0.1) is 0 Å². The van der Waals surface area contributed by atoms with Gasteiger partial charge in [0.05, 0.1) is 18.2 Å². The van der Waals surface area contributed by atoms with E-state index in [9.17, 15) is 4.79 Å². The lowest BCUT2D eigenvalue weighted by Crippen LogP contribution is -2.44. The fraction of sp³-hybridized carbons (Fsp3) is 0.765. The summed E-state index contributed by atoms with van der Waals surface area (Å²) in [5.74, 6) is 0.342. The lowest BCUT2D eigenvalue weighted by Gasteiger charge is -2.32. The number of ether oxygens (including phenoxy) is 1. The number of nitrogens with zero attached hydrogens (tertiary/aromatic N) is 4. The van der Waals surface area contributed by atoms with Gasteiger partial charge >= 0.3 is 0 Å². The van der Waals surface area contributed by atoms with Gasteiger partial charge in [-0.25, -0.2) is 0 Å². The largest absolute Gasteiger partial charge is 0.378 e. The van der Waals surface area contributed by atoms with Gasteiger partial charge < -0.3 is 9.64 Å². The molecule has 0 radical (unpaired) electrons. The van der Waals surface area contributed by atoms with E-state index in [4.69, 9.17) is 4.74 Å². The van der Waals surface area contributed by atoms with E-state index in [2.05, 4.69) is 21.1 Å². The molecule has 0 N–H and O–H groups in total. The minimum atomic E-state index is 0.0497. The van der Waals surface area contributed by atoms with Crippen molar-refractivity contribution >= 4 is 5.91 Å². The molecule has 0 aromatic carbocycles. The molecule has 23 heavy (non-hydrogen) atoms. The lowest BCUT2D eigenvalue weighted by atomic mass is 9.94. The Balaban J connectivity index is 1.54. The van der Waals surface area contributed by atoms with Crippen molar-refractivity contribution in [1.82, 2.24) is 19.6 Å². The van der Waals surface area contributed by atoms with Gasteiger partial charge in [-0.2, -0.15) is 5.10 Å². The van der Waals surface area contributed by atoms with Gasteiger partial charge in [0.2, 0.25) is 5.91 Å². The fourth-order valence-corrected chi connectivity index (χ4v) is 3.64. The van der Waals surface area contributed by atoms with Crippen molar-refractivity contribution in [2.24, 2.45) is 13.0 Å². The van der Waals surface area contributed by atoms with Crippen molar-refractivity contribution in [3.63, 3.8) is 0 Å². The first-order valence-corrected chi connectivity index (χ1v) is 8.74. The van der Waals surface area contributed by atoms with Crippen molar-refractivity contribution in [1.29, 1.82) is 0 Å². The molecule has 1 amide bonds. The van der Waals surface area contributed by atoms with Crippen LogP contribution in [0.3, 0.4) is 0 Å². The molecule has 2 saturated heterocycles. The molecule has 0 saturated carbocycles. The van der Waals surface area contributed by atoms with Crippen LogP contribution in [0.15, 0.2) is 12.4 Å². The zero-order valence-corrected chi connectivity index (χ0v) is 14.3. The molecule has 0 unspecified atom stereocenters. The molecule has 1 aromatic rings. The summed E-state index contributed by atoms with van der Waals surface area (Å²) in [5.41, 5.74) is 1.24. The molecule has 128 valence electrons. The van der Waals surface area contributed by atoms with Crippen LogP contribution in [0.4, 0.5) is 0 Å². The summed E-state index contributed by atoms with van der Waals surface area (Å²) in [6, 6.07) is 0. The van der Waals surface area contributed by atoms with E-state index in [1.807, 2.05) is 24.9 Å². The number of rotatable bonds is 3. The van der Waals surface area contributed by atoms with Crippen LogP contribution in [0.1, 0.15) is 31.7 Å². The maximum Gasteiger partial charge on any atom is 0.228 e. The highest BCUT2D eigenvalue weighted by molar-refractivity contribution is 5.79. The molecular formula is C17H28N4O2. The number of amides is 1. The molecular weight excluding hydrogens is 292 g/mol. The summed E-state index contributed by atoms with van der Waals surface area (Å²) < 4.78 is 7.51.